The van der Waals surface area contributed by atoms with E-state index in [4.69, 9.17) is 0 Å². The highest BCUT2D eigenvalue weighted by molar-refractivity contribution is 6.21. The Hall–Kier alpha value is -3.87. The molecular weight excluding hydrogens is 383 g/mol. The van der Waals surface area contributed by atoms with Crippen molar-refractivity contribution in [1.29, 1.82) is 0 Å². The van der Waals surface area contributed by atoms with Crippen molar-refractivity contribution in [3.63, 3.8) is 0 Å². The van der Waals surface area contributed by atoms with E-state index in [1.807, 2.05) is 19.3 Å². The summed E-state index contributed by atoms with van der Waals surface area (Å²) in [5, 5.41) is 4.89. The maximum Gasteiger partial charge on any atom is 0.262 e. The third-order valence-corrected chi connectivity index (χ3v) is 5.50. The number of benzene rings is 2. The van der Waals surface area contributed by atoms with Crippen LogP contribution in [0.15, 0.2) is 61.1 Å². The van der Waals surface area contributed by atoms with Gasteiger partial charge in [0, 0.05) is 47.6 Å². The third-order valence-electron chi connectivity index (χ3n) is 5.50. The first-order chi connectivity index (χ1) is 14.4. The van der Waals surface area contributed by atoms with E-state index in [2.05, 4.69) is 10.1 Å². The Bertz CT molecular complexity index is 1310. The molecular formula is C23H17FN4O2. The number of nitrogens with zero attached hydrogens (tertiary/aromatic N) is 4. The van der Waals surface area contributed by atoms with Crippen molar-refractivity contribution in [3.05, 3.63) is 83.6 Å². The number of pyridine rings is 1. The predicted molar refractivity (Wildman–Crippen MR) is 109 cm³/mol. The summed E-state index contributed by atoms with van der Waals surface area (Å²) >= 11 is 0. The molecule has 4 aromatic rings. The predicted octanol–water partition coefficient (Wildman–Crippen LogP) is 4.13. The maximum absolute atomic E-state index is 14.9. The molecule has 0 saturated heterocycles. The number of imide groups is 1. The van der Waals surface area contributed by atoms with Gasteiger partial charge in [-0.1, -0.05) is 12.1 Å². The van der Waals surface area contributed by atoms with Crippen LogP contribution >= 0.6 is 0 Å². The summed E-state index contributed by atoms with van der Waals surface area (Å²) in [5.41, 5.74) is 3.19. The van der Waals surface area contributed by atoms with Crippen LogP contribution in [0.25, 0.3) is 22.0 Å². The van der Waals surface area contributed by atoms with Crippen molar-refractivity contribution < 1.29 is 14.0 Å². The minimum absolute atomic E-state index is 0.266. The smallest absolute Gasteiger partial charge is 0.262 e. The molecule has 0 bridgehead atoms. The first kappa shape index (κ1) is 18.2. The van der Waals surface area contributed by atoms with Crippen LogP contribution in [0.2, 0.25) is 0 Å². The highest BCUT2D eigenvalue weighted by Crippen LogP contribution is 2.34. The van der Waals surface area contributed by atoms with Gasteiger partial charge in [-0.05, 0) is 31.2 Å². The highest BCUT2D eigenvalue weighted by Gasteiger charge is 2.39. The molecule has 2 amide bonds. The van der Waals surface area contributed by atoms with Crippen molar-refractivity contribution in [2.75, 3.05) is 0 Å². The van der Waals surface area contributed by atoms with E-state index in [1.54, 1.807) is 54.3 Å². The summed E-state index contributed by atoms with van der Waals surface area (Å²) in [6.45, 7) is 1.66. The molecule has 1 unspecified atom stereocenters. The zero-order valence-electron chi connectivity index (χ0n) is 16.3. The molecule has 0 aliphatic carbocycles. The van der Waals surface area contributed by atoms with Crippen LogP contribution in [0.4, 0.5) is 4.39 Å². The first-order valence-electron chi connectivity index (χ1n) is 9.49. The largest absolute Gasteiger partial charge is 0.275 e. The maximum atomic E-state index is 14.9. The number of rotatable bonds is 3. The second-order valence-corrected chi connectivity index (χ2v) is 7.39. The summed E-state index contributed by atoms with van der Waals surface area (Å²) in [4.78, 5) is 31.1. The standard InChI is InChI=1S/C23H17FN4O2/c1-13(28-22(29)17-5-3-4-6-18(17)23(28)30)19-8-14-7-15(16-11-26-27(2)12-16)10-25-21(14)9-20(19)24/h3-13H,1-2H3. The summed E-state index contributed by atoms with van der Waals surface area (Å²) in [6.07, 6.45) is 5.27. The second-order valence-electron chi connectivity index (χ2n) is 7.39. The van der Waals surface area contributed by atoms with Gasteiger partial charge in [-0.25, -0.2) is 4.39 Å². The number of fused-ring (bicyclic) bond motifs is 2. The minimum Gasteiger partial charge on any atom is -0.275 e. The van der Waals surface area contributed by atoms with Gasteiger partial charge >= 0.3 is 0 Å². The Morgan fingerprint density at radius 1 is 0.967 bits per heavy atom. The minimum atomic E-state index is -0.760. The third kappa shape index (κ3) is 2.70. The number of carbonyl (C=O) groups excluding carboxylic acids is 2. The fourth-order valence-corrected chi connectivity index (χ4v) is 3.92. The molecule has 2 aromatic heterocycles. The van der Waals surface area contributed by atoms with Crippen molar-refractivity contribution in [2.45, 2.75) is 13.0 Å². The summed E-state index contributed by atoms with van der Waals surface area (Å²) in [7, 11) is 1.83. The molecule has 1 aliphatic heterocycles. The average molecular weight is 400 g/mol. The number of aryl methyl sites for hydroxylation is 1. The number of hydrogen-bond acceptors (Lipinski definition) is 4. The lowest BCUT2D eigenvalue weighted by Gasteiger charge is -2.23. The number of carbonyl (C=O) groups is 2. The normalized spacial score (nSPS) is 14.4. The molecule has 0 fully saturated rings. The fraction of sp³-hybridized carbons (Fsp3) is 0.130. The van der Waals surface area contributed by atoms with Crippen molar-refractivity contribution in [3.8, 4) is 11.1 Å². The molecule has 2 aromatic carbocycles. The van der Waals surface area contributed by atoms with E-state index >= 15 is 0 Å². The van der Waals surface area contributed by atoms with E-state index in [9.17, 15) is 14.0 Å². The zero-order valence-corrected chi connectivity index (χ0v) is 16.3. The van der Waals surface area contributed by atoms with Crippen LogP contribution in [0.1, 0.15) is 39.2 Å². The SMILES string of the molecule is CC(c1cc2cc(-c3cnn(C)c3)cnc2cc1F)N1C(=O)c2ccccc2C1=O. The number of hydrogen-bond donors (Lipinski definition) is 0. The van der Waals surface area contributed by atoms with E-state index in [1.165, 1.54) is 6.07 Å². The van der Waals surface area contributed by atoms with E-state index in [0.29, 0.717) is 16.6 Å². The van der Waals surface area contributed by atoms with Crippen LogP contribution in [0.5, 0.6) is 0 Å². The van der Waals surface area contributed by atoms with E-state index < -0.39 is 23.7 Å². The van der Waals surface area contributed by atoms with Crippen LogP contribution in [0, 0.1) is 5.82 Å². The lowest BCUT2D eigenvalue weighted by atomic mass is 10.0. The lowest BCUT2D eigenvalue weighted by molar-refractivity contribution is 0.0593. The van der Waals surface area contributed by atoms with Gasteiger partial charge in [0.15, 0.2) is 0 Å². The molecule has 0 N–H and O–H groups in total. The van der Waals surface area contributed by atoms with Crippen LogP contribution in [-0.4, -0.2) is 31.5 Å². The second kappa shape index (κ2) is 6.59. The van der Waals surface area contributed by atoms with Gasteiger partial charge in [-0.2, -0.15) is 5.10 Å². The number of amides is 2. The lowest BCUT2D eigenvalue weighted by Crippen LogP contribution is -2.33. The summed E-state index contributed by atoms with van der Waals surface area (Å²) in [5.74, 6) is -1.33. The Kier molecular flexibility index (Phi) is 3.99. The fourth-order valence-electron chi connectivity index (χ4n) is 3.92. The van der Waals surface area contributed by atoms with Crippen molar-refractivity contribution >= 4 is 22.7 Å². The van der Waals surface area contributed by atoms with Gasteiger partial charge < -0.3 is 0 Å². The summed E-state index contributed by atoms with van der Waals surface area (Å²) in [6, 6.07) is 10.8. The van der Waals surface area contributed by atoms with Crippen LogP contribution in [-0.2, 0) is 7.05 Å². The van der Waals surface area contributed by atoms with Gasteiger partial charge in [0.1, 0.15) is 5.82 Å². The topological polar surface area (TPSA) is 68.1 Å². The Labute approximate surface area is 171 Å². The molecule has 1 atom stereocenters. The molecule has 7 heteroatoms. The molecule has 5 rings (SSSR count). The average Bonchev–Trinajstić information content (AvgIpc) is 3.28. The Balaban J connectivity index is 1.57. The Morgan fingerprint density at radius 3 is 2.30 bits per heavy atom. The zero-order chi connectivity index (χ0) is 21.0. The van der Waals surface area contributed by atoms with Crippen LogP contribution in [0.3, 0.4) is 0 Å². The number of halogens is 1. The molecule has 1 aliphatic rings. The van der Waals surface area contributed by atoms with Gasteiger partial charge in [0.25, 0.3) is 11.8 Å². The Morgan fingerprint density at radius 2 is 1.67 bits per heavy atom. The monoisotopic (exact) mass is 400 g/mol. The van der Waals surface area contributed by atoms with Crippen LogP contribution < -0.4 is 0 Å². The molecule has 30 heavy (non-hydrogen) atoms. The van der Waals surface area contributed by atoms with Gasteiger partial charge in [0.2, 0.25) is 0 Å². The molecule has 0 spiro atoms. The number of aromatic nitrogens is 3. The molecule has 0 radical (unpaired) electrons. The summed E-state index contributed by atoms with van der Waals surface area (Å²) < 4.78 is 16.6. The van der Waals surface area contributed by atoms with Crippen molar-refractivity contribution in [2.24, 2.45) is 7.05 Å². The molecule has 6 nitrogen and oxygen atoms in total. The van der Waals surface area contributed by atoms with Gasteiger partial charge in [-0.3, -0.25) is 24.2 Å². The highest BCUT2D eigenvalue weighted by atomic mass is 19.1. The molecule has 0 saturated carbocycles. The van der Waals surface area contributed by atoms with E-state index in [-0.39, 0.29) is 5.56 Å². The molecule has 3 heterocycles. The van der Waals surface area contributed by atoms with E-state index in [0.717, 1.165) is 21.4 Å². The van der Waals surface area contributed by atoms with Crippen molar-refractivity contribution in [1.82, 2.24) is 19.7 Å². The van der Waals surface area contributed by atoms with Gasteiger partial charge in [-0.15, -0.1) is 0 Å². The first-order valence-corrected chi connectivity index (χ1v) is 9.49. The van der Waals surface area contributed by atoms with Gasteiger partial charge in [0.05, 0.1) is 28.9 Å². The molecule has 148 valence electrons. The quantitative estimate of drug-likeness (QED) is 0.485.